The zero-order chi connectivity index (χ0) is 29.8. The molecule has 5 rings (SSSR count). The third kappa shape index (κ3) is 5.31. The van der Waals surface area contributed by atoms with E-state index >= 15 is 4.39 Å². The number of carbonyl (C=O) groups excluding carboxylic acids is 1. The van der Waals surface area contributed by atoms with E-state index in [9.17, 15) is 19.1 Å². The molecule has 0 saturated carbocycles. The number of carbonyl (C=O) groups is 2. The van der Waals surface area contributed by atoms with Crippen molar-refractivity contribution >= 4 is 29.2 Å². The summed E-state index contributed by atoms with van der Waals surface area (Å²) in [6, 6.07) is 6.93. The maximum absolute atomic E-state index is 15.5. The molecular weight excluding hydrogens is 552 g/mol. The first-order valence-corrected chi connectivity index (χ1v) is 14.0. The first kappa shape index (κ1) is 29.0. The minimum atomic E-state index is -1.36. The van der Waals surface area contributed by atoms with Crippen LogP contribution in [-0.2, 0) is 22.4 Å². The molecule has 0 spiro atoms. The number of anilines is 1. The Kier molecular flexibility index (Phi) is 7.59. The zero-order valence-electron chi connectivity index (χ0n) is 23.7. The minimum absolute atomic E-state index is 0.165. The van der Waals surface area contributed by atoms with Crippen LogP contribution in [0.3, 0.4) is 0 Å². The lowest BCUT2D eigenvalue weighted by molar-refractivity contribution is -0.160. The highest BCUT2D eigenvalue weighted by molar-refractivity contribution is 6.31. The van der Waals surface area contributed by atoms with Crippen molar-refractivity contribution in [3.05, 3.63) is 80.4 Å². The average molecular weight is 584 g/mol. The smallest absolute Gasteiger partial charge is 0.337 e. The summed E-state index contributed by atoms with van der Waals surface area (Å²) >= 11 is 6.07. The molecule has 0 aliphatic carbocycles. The lowest BCUT2D eigenvalue weighted by Crippen LogP contribution is -2.30. The molecule has 0 radical (unpaired) electrons. The topological polar surface area (TPSA) is 76.1 Å². The van der Waals surface area contributed by atoms with Crippen LogP contribution in [0.1, 0.15) is 71.5 Å². The van der Waals surface area contributed by atoms with E-state index < -0.39 is 35.2 Å². The number of carboxylic acids is 1. The monoisotopic (exact) mass is 583 g/mol. The van der Waals surface area contributed by atoms with Crippen LogP contribution >= 0.6 is 11.6 Å². The molecule has 0 aromatic heterocycles. The van der Waals surface area contributed by atoms with Crippen LogP contribution in [0.25, 0.3) is 11.1 Å². The van der Waals surface area contributed by atoms with Gasteiger partial charge in [0, 0.05) is 28.4 Å². The third-order valence-corrected chi connectivity index (χ3v) is 7.84. The molecule has 216 valence electrons. The maximum atomic E-state index is 15.5. The van der Waals surface area contributed by atoms with Crippen molar-refractivity contribution in [1.82, 2.24) is 0 Å². The molecule has 1 atom stereocenters. The van der Waals surface area contributed by atoms with Crippen LogP contribution in [0.5, 0.6) is 5.75 Å². The quantitative estimate of drug-likeness (QED) is 0.339. The van der Waals surface area contributed by atoms with Crippen LogP contribution in [0.15, 0.2) is 30.3 Å². The van der Waals surface area contributed by atoms with Gasteiger partial charge in [0.15, 0.2) is 17.7 Å². The van der Waals surface area contributed by atoms with Crippen LogP contribution in [0.4, 0.5) is 14.5 Å². The van der Waals surface area contributed by atoms with Crippen molar-refractivity contribution in [3.63, 3.8) is 0 Å². The van der Waals surface area contributed by atoms with E-state index in [4.69, 9.17) is 21.1 Å². The molecule has 3 aromatic rings. The fraction of sp³-hybridized carbons (Fsp3) is 0.375. The summed E-state index contributed by atoms with van der Waals surface area (Å²) in [6.45, 7) is 9.58. The summed E-state index contributed by atoms with van der Waals surface area (Å²) in [5, 5.41) is 10.6. The Morgan fingerprint density at radius 3 is 2.49 bits per heavy atom. The van der Waals surface area contributed by atoms with Crippen LogP contribution < -0.4 is 9.64 Å². The van der Waals surface area contributed by atoms with Crippen molar-refractivity contribution in [3.8, 4) is 16.9 Å². The first-order chi connectivity index (χ1) is 19.3. The highest BCUT2D eigenvalue weighted by Gasteiger charge is 2.37. The molecule has 3 aromatic carbocycles. The number of benzene rings is 3. The van der Waals surface area contributed by atoms with E-state index in [0.29, 0.717) is 53.0 Å². The molecule has 0 unspecified atom stereocenters. The second-order valence-corrected chi connectivity index (χ2v) is 12.0. The van der Waals surface area contributed by atoms with Gasteiger partial charge in [-0.15, -0.1) is 0 Å². The Hall–Kier alpha value is -3.49. The second-order valence-electron chi connectivity index (χ2n) is 11.5. The highest BCUT2D eigenvalue weighted by Crippen LogP contribution is 2.48. The largest absolute Gasteiger partial charge is 0.490 e. The molecule has 2 aliphatic rings. The number of amides is 1. The van der Waals surface area contributed by atoms with Gasteiger partial charge in [0.05, 0.1) is 17.8 Å². The summed E-state index contributed by atoms with van der Waals surface area (Å²) in [6.07, 6.45) is 0.338. The molecule has 0 bridgehead atoms. The van der Waals surface area contributed by atoms with Crippen LogP contribution in [0, 0.1) is 25.5 Å². The zero-order valence-corrected chi connectivity index (χ0v) is 24.4. The predicted octanol–water partition coefficient (Wildman–Crippen LogP) is 7.37. The van der Waals surface area contributed by atoms with Gasteiger partial charge in [-0.2, -0.15) is 0 Å². The Balaban J connectivity index is 1.78. The Labute approximate surface area is 242 Å². The lowest BCUT2D eigenvalue weighted by atomic mass is 9.83. The maximum Gasteiger partial charge on any atom is 0.337 e. The molecule has 1 N–H and O–H groups in total. The lowest BCUT2D eigenvalue weighted by Gasteiger charge is -2.30. The molecule has 0 saturated heterocycles. The molecule has 2 heterocycles. The summed E-state index contributed by atoms with van der Waals surface area (Å²) in [5.74, 6) is -2.76. The number of fused-ring (bicyclic) bond motifs is 2. The van der Waals surface area contributed by atoms with Gasteiger partial charge in [-0.05, 0) is 112 Å². The van der Waals surface area contributed by atoms with Gasteiger partial charge in [-0.3, -0.25) is 4.79 Å². The van der Waals surface area contributed by atoms with Crippen molar-refractivity contribution in [2.24, 2.45) is 0 Å². The number of aliphatic carboxylic acids is 1. The number of ether oxygens (including phenoxy) is 2. The standard InChI is InChI=1S/C32H32ClF2NO5/c1-16-13-25-20(10-11-36(25)30(37)22-14-18(33)8-9-23(22)34)27(26(16)29(31(38)39)41-32(3,4)5)21-15-24(35)28-19(17(21)2)7-6-12-40-28/h8-9,13-15,29H,6-7,10-12H2,1-5H3,(H,38,39)/t29-/m0/s1. The molecular formula is C32H32ClF2NO5. The number of carboxylic acid groups (broad SMARTS) is 1. The van der Waals surface area contributed by atoms with Gasteiger partial charge in [0.1, 0.15) is 5.82 Å². The van der Waals surface area contributed by atoms with Gasteiger partial charge in [0.2, 0.25) is 0 Å². The number of nitrogens with zero attached hydrogens (tertiary/aromatic N) is 1. The van der Waals surface area contributed by atoms with Gasteiger partial charge >= 0.3 is 5.97 Å². The number of hydrogen-bond donors (Lipinski definition) is 1. The van der Waals surface area contributed by atoms with E-state index in [1.165, 1.54) is 23.1 Å². The number of hydrogen-bond acceptors (Lipinski definition) is 4. The van der Waals surface area contributed by atoms with Crippen molar-refractivity contribution in [2.45, 2.75) is 65.6 Å². The fourth-order valence-corrected chi connectivity index (χ4v) is 6.03. The van der Waals surface area contributed by atoms with E-state index in [2.05, 4.69) is 0 Å². The minimum Gasteiger partial charge on any atom is -0.490 e. The summed E-state index contributed by atoms with van der Waals surface area (Å²) in [7, 11) is 0. The summed E-state index contributed by atoms with van der Waals surface area (Å²) < 4.78 is 42.0. The van der Waals surface area contributed by atoms with Gasteiger partial charge in [-0.25, -0.2) is 13.6 Å². The summed E-state index contributed by atoms with van der Waals surface area (Å²) in [4.78, 5) is 27.8. The van der Waals surface area contributed by atoms with Gasteiger partial charge < -0.3 is 19.5 Å². The average Bonchev–Trinajstić information content (AvgIpc) is 3.32. The molecule has 41 heavy (non-hydrogen) atoms. The third-order valence-electron chi connectivity index (χ3n) is 7.60. The molecule has 9 heteroatoms. The second kappa shape index (κ2) is 10.7. The molecule has 0 fully saturated rings. The first-order valence-electron chi connectivity index (χ1n) is 13.6. The van der Waals surface area contributed by atoms with Gasteiger partial charge in [-0.1, -0.05) is 11.6 Å². The fourth-order valence-electron chi connectivity index (χ4n) is 5.86. The molecule has 6 nitrogen and oxygen atoms in total. The van der Waals surface area contributed by atoms with E-state index in [-0.39, 0.29) is 22.9 Å². The van der Waals surface area contributed by atoms with Crippen LogP contribution in [-0.4, -0.2) is 35.7 Å². The van der Waals surface area contributed by atoms with E-state index in [1.54, 1.807) is 33.8 Å². The van der Waals surface area contributed by atoms with Crippen molar-refractivity contribution in [2.75, 3.05) is 18.1 Å². The Morgan fingerprint density at radius 1 is 1.07 bits per heavy atom. The number of aryl methyl sites for hydroxylation is 1. The van der Waals surface area contributed by atoms with E-state index in [0.717, 1.165) is 23.6 Å². The molecule has 1 amide bonds. The number of halogens is 3. The number of rotatable bonds is 5. The summed E-state index contributed by atoms with van der Waals surface area (Å²) in [5.41, 5.74) is 3.72. The highest BCUT2D eigenvalue weighted by atomic mass is 35.5. The van der Waals surface area contributed by atoms with Gasteiger partial charge in [0.25, 0.3) is 5.91 Å². The Morgan fingerprint density at radius 2 is 1.80 bits per heavy atom. The Bertz CT molecular complexity index is 1580. The van der Waals surface area contributed by atoms with Crippen molar-refractivity contribution in [1.29, 1.82) is 0 Å². The molecule has 2 aliphatic heterocycles. The van der Waals surface area contributed by atoms with Crippen molar-refractivity contribution < 1.29 is 33.0 Å². The van der Waals surface area contributed by atoms with Crippen LogP contribution in [0.2, 0.25) is 5.02 Å². The normalized spacial score (nSPS) is 15.3. The predicted molar refractivity (Wildman–Crippen MR) is 153 cm³/mol. The SMILES string of the molecule is Cc1cc2c(c(-c3cc(F)c4c(c3C)CCCO4)c1[C@H](OC(C)(C)C)C(=O)O)CCN2C(=O)c1cc(Cl)ccc1F. The van der Waals surface area contributed by atoms with E-state index in [1.807, 2.05) is 6.92 Å².